The summed E-state index contributed by atoms with van der Waals surface area (Å²) in [6.07, 6.45) is 5.52. The molecule has 3 unspecified atom stereocenters. The number of rotatable bonds is 5. The summed E-state index contributed by atoms with van der Waals surface area (Å²) in [4.78, 5) is 40.1. The lowest BCUT2D eigenvalue weighted by molar-refractivity contribution is -0.147. The molecule has 3 atom stereocenters. The van der Waals surface area contributed by atoms with Crippen LogP contribution >= 0.6 is 15.9 Å². The molecule has 1 aromatic rings. The van der Waals surface area contributed by atoms with Crippen LogP contribution in [0.2, 0.25) is 0 Å². The highest BCUT2D eigenvalue weighted by atomic mass is 79.9. The van der Waals surface area contributed by atoms with Gasteiger partial charge < -0.3 is 5.32 Å². The molecular formula is C21H25BrN2O3. The van der Waals surface area contributed by atoms with E-state index in [9.17, 15) is 14.4 Å². The number of amides is 3. The molecule has 0 radical (unpaired) electrons. The minimum Gasteiger partial charge on any atom is -0.324 e. The van der Waals surface area contributed by atoms with Gasteiger partial charge in [0.05, 0.1) is 11.8 Å². The number of hydrogen-bond donors (Lipinski definition) is 1. The molecule has 27 heavy (non-hydrogen) atoms. The average Bonchev–Trinajstić information content (AvgIpc) is 2.87. The largest absolute Gasteiger partial charge is 0.324 e. The molecule has 0 bridgehead atoms. The van der Waals surface area contributed by atoms with Crippen molar-refractivity contribution in [2.45, 2.75) is 46.1 Å². The van der Waals surface area contributed by atoms with Crippen LogP contribution in [0.25, 0.3) is 0 Å². The summed E-state index contributed by atoms with van der Waals surface area (Å²) in [6, 6.07) is 4.76. The first-order valence-corrected chi connectivity index (χ1v) is 10.2. The first-order valence-electron chi connectivity index (χ1n) is 9.38. The van der Waals surface area contributed by atoms with E-state index >= 15 is 0 Å². The third-order valence-electron chi connectivity index (χ3n) is 5.28. The van der Waals surface area contributed by atoms with E-state index in [4.69, 9.17) is 0 Å². The maximum atomic E-state index is 13.0. The number of carbonyl (C=O) groups excluding carboxylic acids is 3. The van der Waals surface area contributed by atoms with Crippen LogP contribution in [0.15, 0.2) is 34.8 Å². The second-order valence-corrected chi connectivity index (χ2v) is 8.66. The molecule has 3 amide bonds. The standard InChI is InChI=1S/C21H25BrN2O3/c1-12(2)10-18(19(25)23-14-8-9-17(22)13(3)11-14)24-20(26)15-6-4-5-7-16(15)21(24)27/h4-5,8-9,11-12,15-16,18H,6-7,10H2,1-3H3,(H,23,25). The molecule has 3 rings (SSSR count). The normalized spacial score (nSPS) is 22.9. The van der Waals surface area contributed by atoms with Crippen LogP contribution < -0.4 is 5.32 Å². The van der Waals surface area contributed by atoms with Gasteiger partial charge in [0, 0.05) is 10.2 Å². The fourth-order valence-electron chi connectivity index (χ4n) is 3.86. The molecular weight excluding hydrogens is 408 g/mol. The van der Waals surface area contributed by atoms with E-state index in [2.05, 4.69) is 21.2 Å². The second-order valence-electron chi connectivity index (χ2n) is 7.80. The summed E-state index contributed by atoms with van der Waals surface area (Å²) in [6.45, 7) is 5.92. The number of imide groups is 1. The smallest absolute Gasteiger partial charge is 0.247 e. The Kier molecular flexibility index (Phi) is 5.84. The Morgan fingerprint density at radius 1 is 1.19 bits per heavy atom. The molecule has 2 aliphatic rings. The zero-order chi connectivity index (χ0) is 19.7. The first-order chi connectivity index (χ1) is 12.8. The lowest BCUT2D eigenvalue weighted by Crippen LogP contribution is -2.48. The first kappa shape index (κ1) is 19.8. The van der Waals surface area contributed by atoms with Crippen LogP contribution in [-0.2, 0) is 14.4 Å². The summed E-state index contributed by atoms with van der Waals surface area (Å²) in [7, 11) is 0. The molecule has 1 aliphatic carbocycles. The van der Waals surface area contributed by atoms with Gasteiger partial charge in [-0.15, -0.1) is 0 Å². The monoisotopic (exact) mass is 432 g/mol. The zero-order valence-electron chi connectivity index (χ0n) is 15.9. The van der Waals surface area contributed by atoms with Crippen molar-refractivity contribution in [1.29, 1.82) is 0 Å². The van der Waals surface area contributed by atoms with Gasteiger partial charge in [0.15, 0.2) is 0 Å². The van der Waals surface area contributed by atoms with Gasteiger partial charge >= 0.3 is 0 Å². The Morgan fingerprint density at radius 3 is 2.30 bits per heavy atom. The van der Waals surface area contributed by atoms with Gasteiger partial charge in [-0.2, -0.15) is 0 Å². The molecule has 0 aromatic heterocycles. The molecule has 1 aromatic carbocycles. The predicted octanol–water partition coefficient (Wildman–Crippen LogP) is 4.06. The van der Waals surface area contributed by atoms with Gasteiger partial charge in [-0.25, -0.2) is 0 Å². The van der Waals surface area contributed by atoms with Crippen molar-refractivity contribution < 1.29 is 14.4 Å². The Labute approximate surface area is 168 Å². The van der Waals surface area contributed by atoms with Gasteiger partial charge in [-0.05, 0) is 55.9 Å². The van der Waals surface area contributed by atoms with E-state index in [1.54, 1.807) is 6.07 Å². The van der Waals surface area contributed by atoms with Crippen molar-refractivity contribution in [2.24, 2.45) is 17.8 Å². The highest BCUT2D eigenvalue weighted by Gasteiger charge is 2.51. The van der Waals surface area contributed by atoms with Gasteiger partial charge in [0.2, 0.25) is 17.7 Å². The third-order valence-corrected chi connectivity index (χ3v) is 6.17. The van der Waals surface area contributed by atoms with Gasteiger partial charge in [0.1, 0.15) is 6.04 Å². The lowest BCUT2D eigenvalue weighted by Gasteiger charge is -2.27. The Hall–Kier alpha value is -1.95. The number of allylic oxidation sites excluding steroid dienone is 2. The molecule has 0 saturated carbocycles. The number of fused-ring (bicyclic) bond motifs is 1. The molecule has 5 nitrogen and oxygen atoms in total. The van der Waals surface area contributed by atoms with Crippen molar-refractivity contribution in [1.82, 2.24) is 4.90 Å². The quantitative estimate of drug-likeness (QED) is 0.563. The maximum absolute atomic E-state index is 13.0. The zero-order valence-corrected chi connectivity index (χ0v) is 17.5. The molecule has 6 heteroatoms. The minimum absolute atomic E-state index is 0.175. The van der Waals surface area contributed by atoms with Gasteiger partial charge in [0.25, 0.3) is 0 Å². The average molecular weight is 433 g/mol. The topological polar surface area (TPSA) is 66.5 Å². The van der Waals surface area contributed by atoms with Crippen LogP contribution in [0.5, 0.6) is 0 Å². The number of nitrogens with zero attached hydrogens (tertiary/aromatic N) is 1. The van der Waals surface area contributed by atoms with Crippen molar-refractivity contribution in [2.75, 3.05) is 5.32 Å². The number of hydrogen-bond acceptors (Lipinski definition) is 3. The Bertz CT molecular complexity index is 777. The fraction of sp³-hybridized carbons (Fsp3) is 0.476. The minimum atomic E-state index is -0.778. The van der Waals surface area contributed by atoms with E-state index in [1.165, 1.54) is 4.90 Å². The number of likely N-dealkylation sites (tertiary alicyclic amines) is 1. The second kappa shape index (κ2) is 7.97. The summed E-state index contributed by atoms with van der Waals surface area (Å²) < 4.78 is 0.959. The Morgan fingerprint density at radius 2 is 1.78 bits per heavy atom. The van der Waals surface area contributed by atoms with Crippen LogP contribution in [-0.4, -0.2) is 28.7 Å². The molecule has 1 aliphatic heterocycles. The highest BCUT2D eigenvalue weighted by molar-refractivity contribution is 9.10. The number of anilines is 1. The molecule has 144 valence electrons. The summed E-state index contributed by atoms with van der Waals surface area (Å²) in [5.41, 5.74) is 1.66. The van der Waals surface area contributed by atoms with E-state index in [0.29, 0.717) is 24.9 Å². The highest BCUT2D eigenvalue weighted by Crippen LogP contribution is 2.37. The summed E-state index contributed by atoms with van der Waals surface area (Å²) in [5, 5.41) is 2.89. The van der Waals surface area contributed by atoms with Crippen LogP contribution in [0.1, 0.15) is 38.7 Å². The third kappa shape index (κ3) is 4.00. The van der Waals surface area contributed by atoms with Crippen molar-refractivity contribution in [3.05, 3.63) is 40.4 Å². The van der Waals surface area contributed by atoms with E-state index in [0.717, 1.165) is 10.0 Å². The van der Waals surface area contributed by atoms with E-state index in [1.807, 2.05) is 45.1 Å². The number of nitrogens with one attached hydrogen (secondary N) is 1. The number of benzene rings is 1. The molecule has 1 fully saturated rings. The Balaban J connectivity index is 1.85. The number of carbonyl (C=O) groups is 3. The molecule has 1 saturated heterocycles. The SMILES string of the molecule is Cc1cc(NC(=O)C(CC(C)C)N2C(=O)C3CC=CCC3C2=O)ccc1Br. The van der Waals surface area contributed by atoms with Crippen LogP contribution in [0.4, 0.5) is 5.69 Å². The summed E-state index contributed by atoms with van der Waals surface area (Å²) in [5.74, 6) is -1.18. The summed E-state index contributed by atoms with van der Waals surface area (Å²) >= 11 is 3.45. The number of aryl methyl sites for hydroxylation is 1. The van der Waals surface area contributed by atoms with Gasteiger partial charge in [-0.1, -0.05) is 41.9 Å². The van der Waals surface area contributed by atoms with Crippen molar-refractivity contribution in [3.63, 3.8) is 0 Å². The van der Waals surface area contributed by atoms with Gasteiger partial charge in [-0.3, -0.25) is 19.3 Å². The molecule has 1 N–H and O–H groups in total. The van der Waals surface area contributed by atoms with Crippen LogP contribution in [0, 0.1) is 24.7 Å². The van der Waals surface area contributed by atoms with E-state index < -0.39 is 6.04 Å². The number of halogens is 1. The van der Waals surface area contributed by atoms with E-state index in [-0.39, 0.29) is 35.5 Å². The van der Waals surface area contributed by atoms with Crippen LogP contribution in [0.3, 0.4) is 0 Å². The molecule has 0 spiro atoms. The van der Waals surface area contributed by atoms with Crippen molar-refractivity contribution in [3.8, 4) is 0 Å². The molecule has 1 heterocycles. The van der Waals surface area contributed by atoms with Crippen molar-refractivity contribution >= 4 is 39.3 Å². The maximum Gasteiger partial charge on any atom is 0.247 e. The fourth-order valence-corrected chi connectivity index (χ4v) is 4.10. The predicted molar refractivity (Wildman–Crippen MR) is 108 cm³/mol. The lowest BCUT2D eigenvalue weighted by atomic mass is 9.85.